The highest BCUT2D eigenvalue weighted by molar-refractivity contribution is 5.90. The summed E-state index contributed by atoms with van der Waals surface area (Å²) in [4.78, 5) is 25.9. The molecule has 1 saturated carbocycles. The van der Waals surface area contributed by atoms with Crippen molar-refractivity contribution in [1.29, 1.82) is 0 Å². The number of rotatable bonds is 3. The molecule has 19 heavy (non-hydrogen) atoms. The number of aromatic nitrogens is 2. The Hall–Kier alpha value is -1.85. The van der Waals surface area contributed by atoms with Gasteiger partial charge in [0, 0.05) is 38.3 Å². The van der Waals surface area contributed by atoms with Crippen molar-refractivity contribution in [3.63, 3.8) is 0 Å². The van der Waals surface area contributed by atoms with Gasteiger partial charge in [0.1, 0.15) is 6.04 Å². The number of hydrogen-bond acceptors (Lipinski definition) is 3. The Balaban J connectivity index is 1.75. The molecule has 1 saturated heterocycles. The van der Waals surface area contributed by atoms with Crippen LogP contribution in [0, 0.1) is 5.92 Å². The molecule has 0 spiro atoms. The van der Waals surface area contributed by atoms with Gasteiger partial charge < -0.3 is 10.2 Å². The van der Waals surface area contributed by atoms with Crippen LogP contribution in [-0.2, 0) is 23.2 Å². The Bertz CT molecular complexity index is 506. The van der Waals surface area contributed by atoms with Crippen LogP contribution in [0.5, 0.6) is 0 Å². The van der Waals surface area contributed by atoms with Crippen molar-refractivity contribution < 1.29 is 9.59 Å². The molecule has 1 atom stereocenters. The molecule has 1 aromatic heterocycles. The highest BCUT2D eigenvalue weighted by atomic mass is 16.2. The molecule has 1 aliphatic carbocycles. The second-order valence-electron chi connectivity index (χ2n) is 5.41. The van der Waals surface area contributed by atoms with Crippen molar-refractivity contribution in [3.8, 4) is 0 Å². The summed E-state index contributed by atoms with van der Waals surface area (Å²) in [7, 11) is 1.85. The smallest absolute Gasteiger partial charge is 0.245 e. The van der Waals surface area contributed by atoms with Crippen molar-refractivity contribution in [2.45, 2.75) is 31.8 Å². The Kier molecular flexibility index (Phi) is 3.00. The number of amides is 2. The number of hydrogen-bond donors (Lipinski definition) is 1. The Labute approximate surface area is 111 Å². The molecule has 6 heteroatoms. The van der Waals surface area contributed by atoms with E-state index in [0.29, 0.717) is 25.4 Å². The van der Waals surface area contributed by atoms with Crippen LogP contribution in [0.4, 0.5) is 0 Å². The number of nitrogens with zero attached hydrogens (tertiary/aromatic N) is 3. The predicted octanol–water partition coefficient (Wildman–Crippen LogP) is 0.0472. The van der Waals surface area contributed by atoms with Gasteiger partial charge in [0.05, 0.1) is 6.20 Å². The second kappa shape index (κ2) is 4.68. The van der Waals surface area contributed by atoms with E-state index in [1.165, 1.54) is 0 Å². The van der Waals surface area contributed by atoms with E-state index in [1.807, 2.05) is 13.2 Å². The zero-order chi connectivity index (χ0) is 13.4. The van der Waals surface area contributed by atoms with Crippen molar-refractivity contribution in [1.82, 2.24) is 20.0 Å². The molecule has 2 heterocycles. The van der Waals surface area contributed by atoms with Gasteiger partial charge in [-0.15, -0.1) is 0 Å². The molecule has 2 aliphatic rings. The van der Waals surface area contributed by atoms with Gasteiger partial charge in [0.2, 0.25) is 11.8 Å². The zero-order valence-electron chi connectivity index (χ0n) is 11.0. The topological polar surface area (TPSA) is 67.2 Å². The molecule has 6 nitrogen and oxygen atoms in total. The fourth-order valence-corrected chi connectivity index (χ4v) is 2.53. The first kappa shape index (κ1) is 12.2. The van der Waals surface area contributed by atoms with Gasteiger partial charge in [-0.05, 0) is 18.8 Å². The zero-order valence-corrected chi connectivity index (χ0v) is 11.0. The third-order valence-corrected chi connectivity index (χ3v) is 3.73. The Morgan fingerprint density at radius 2 is 2.21 bits per heavy atom. The first-order valence-electron chi connectivity index (χ1n) is 6.69. The van der Waals surface area contributed by atoms with E-state index < -0.39 is 0 Å². The molecule has 1 unspecified atom stereocenters. The van der Waals surface area contributed by atoms with Crippen LogP contribution in [0.25, 0.3) is 0 Å². The lowest BCUT2D eigenvalue weighted by Crippen LogP contribution is -2.45. The maximum absolute atomic E-state index is 12.5. The molecule has 0 bridgehead atoms. The molecule has 102 valence electrons. The van der Waals surface area contributed by atoms with E-state index in [-0.39, 0.29) is 17.9 Å². The first-order chi connectivity index (χ1) is 9.13. The minimum atomic E-state index is -0.313. The summed E-state index contributed by atoms with van der Waals surface area (Å²) in [6.45, 7) is 1.02. The second-order valence-corrected chi connectivity index (χ2v) is 5.41. The Morgan fingerprint density at radius 3 is 2.84 bits per heavy atom. The van der Waals surface area contributed by atoms with Gasteiger partial charge in [-0.25, -0.2) is 0 Å². The fourth-order valence-electron chi connectivity index (χ4n) is 2.53. The largest absolute Gasteiger partial charge is 0.344 e. The third kappa shape index (κ3) is 2.62. The molecule has 0 aromatic carbocycles. The van der Waals surface area contributed by atoms with Gasteiger partial charge in [-0.3, -0.25) is 14.3 Å². The lowest BCUT2D eigenvalue weighted by atomic mass is 10.1. The van der Waals surface area contributed by atoms with Crippen molar-refractivity contribution in [3.05, 3.63) is 18.0 Å². The summed E-state index contributed by atoms with van der Waals surface area (Å²) in [6, 6.07) is -0.313. The summed E-state index contributed by atoms with van der Waals surface area (Å²) in [5, 5.41) is 6.97. The summed E-state index contributed by atoms with van der Waals surface area (Å²) in [6.07, 6.45) is 6.13. The predicted molar refractivity (Wildman–Crippen MR) is 67.9 cm³/mol. The SMILES string of the molecule is Cn1cc(CN2CCC(=O)NC(C3CC3)C2=O)cn1. The van der Waals surface area contributed by atoms with Gasteiger partial charge in [0.15, 0.2) is 0 Å². The number of carbonyl (C=O) groups is 2. The minimum absolute atomic E-state index is 0.0149. The number of carbonyl (C=O) groups excluding carboxylic acids is 2. The molecule has 1 aliphatic heterocycles. The van der Waals surface area contributed by atoms with Gasteiger partial charge in [0.25, 0.3) is 0 Å². The van der Waals surface area contributed by atoms with Crippen LogP contribution in [-0.4, -0.2) is 39.1 Å². The van der Waals surface area contributed by atoms with Crippen LogP contribution in [0.15, 0.2) is 12.4 Å². The molecular formula is C13H18N4O2. The van der Waals surface area contributed by atoms with Crippen LogP contribution in [0.2, 0.25) is 0 Å². The molecule has 0 radical (unpaired) electrons. The van der Waals surface area contributed by atoms with Crippen LogP contribution < -0.4 is 5.32 Å². The standard InChI is InChI=1S/C13H18N4O2/c1-16-7-9(6-14-16)8-17-5-4-11(18)15-12(13(17)19)10-2-3-10/h6-7,10,12H,2-5,8H2,1H3,(H,15,18). The number of nitrogens with one attached hydrogen (secondary N) is 1. The highest BCUT2D eigenvalue weighted by Crippen LogP contribution is 2.34. The third-order valence-electron chi connectivity index (χ3n) is 3.73. The average molecular weight is 262 g/mol. The van der Waals surface area contributed by atoms with E-state index in [4.69, 9.17) is 0 Å². The van der Waals surface area contributed by atoms with Crippen LogP contribution >= 0.6 is 0 Å². The highest BCUT2D eigenvalue weighted by Gasteiger charge is 2.40. The van der Waals surface area contributed by atoms with E-state index >= 15 is 0 Å². The van der Waals surface area contributed by atoms with Crippen molar-refractivity contribution in [2.75, 3.05) is 6.54 Å². The fraction of sp³-hybridized carbons (Fsp3) is 0.615. The van der Waals surface area contributed by atoms with Crippen molar-refractivity contribution in [2.24, 2.45) is 13.0 Å². The molecule has 1 aromatic rings. The molecule has 2 fully saturated rings. The molecule has 3 rings (SSSR count). The number of aryl methyl sites for hydroxylation is 1. The summed E-state index contributed by atoms with van der Waals surface area (Å²) in [5.74, 6) is 0.377. The van der Waals surface area contributed by atoms with E-state index in [0.717, 1.165) is 18.4 Å². The lowest BCUT2D eigenvalue weighted by molar-refractivity contribution is -0.134. The maximum atomic E-state index is 12.5. The summed E-state index contributed by atoms with van der Waals surface area (Å²) >= 11 is 0. The van der Waals surface area contributed by atoms with Gasteiger partial charge in [-0.2, -0.15) is 5.10 Å². The van der Waals surface area contributed by atoms with E-state index in [1.54, 1.807) is 15.8 Å². The van der Waals surface area contributed by atoms with Gasteiger partial charge in [-0.1, -0.05) is 0 Å². The van der Waals surface area contributed by atoms with E-state index in [2.05, 4.69) is 10.4 Å². The Morgan fingerprint density at radius 1 is 1.42 bits per heavy atom. The normalized spacial score (nSPS) is 24.3. The molecule has 2 amide bonds. The van der Waals surface area contributed by atoms with Crippen LogP contribution in [0.1, 0.15) is 24.8 Å². The van der Waals surface area contributed by atoms with Gasteiger partial charge >= 0.3 is 0 Å². The summed E-state index contributed by atoms with van der Waals surface area (Å²) in [5.41, 5.74) is 1.000. The monoisotopic (exact) mass is 262 g/mol. The first-order valence-corrected chi connectivity index (χ1v) is 6.69. The molecular weight excluding hydrogens is 244 g/mol. The van der Waals surface area contributed by atoms with E-state index in [9.17, 15) is 9.59 Å². The minimum Gasteiger partial charge on any atom is -0.344 e. The lowest BCUT2D eigenvalue weighted by Gasteiger charge is -2.23. The molecule has 1 N–H and O–H groups in total. The average Bonchev–Trinajstić information content (AvgIpc) is 3.14. The summed E-state index contributed by atoms with van der Waals surface area (Å²) < 4.78 is 1.72. The quantitative estimate of drug-likeness (QED) is 0.837. The van der Waals surface area contributed by atoms with Crippen LogP contribution in [0.3, 0.4) is 0 Å². The maximum Gasteiger partial charge on any atom is 0.245 e. The van der Waals surface area contributed by atoms with Crippen molar-refractivity contribution >= 4 is 11.8 Å².